The van der Waals surface area contributed by atoms with Gasteiger partial charge in [0.2, 0.25) is 0 Å². The molecule has 1 fully saturated rings. The normalized spacial score (nSPS) is 34.2. The highest BCUT2D eigenvalue weighted by Crippen LogP contribution is 2.35. The molecule has 0 saturated heterocycles. The first-order chi connectivity index (χ1) is 6.15. The topological polar surface area (TPSA) is 20.2 Å². The van der Waals surface area contributed by atoms with Gasteiger partial charge in [0.25, 0.3) is 0 Å². The molecule has 0 aliphatic heterocycles. The quantitative estimate of drug-likeness (QED) is 0.714. The van der Waals surface area contributed by atoms with Crippen molar-refractivity contribution in [1.29, 1.82) is 0 Å². The summed E-state index contributed by atoms with van der Waals surface area (Å²) in [6.45, 7) is 6.59. The van der Waals surface area contributed by atoms with Gasteiger partial charge in [0.1, 0.15) is 0 Å². The van der Waals surface area contributed by atoms with Crippen LogP contribution in [0.25, 0.3) is 0 Å². The number of rotatable bonds is 3. The van der Waals surface area contributed by atoms with Crippen LogP contribution < -0.4 is 0 Å². The lowest BCUT2D eigenvalue weighted by Crippen LogP contribution is -2.25. The lowest BCUT2D eigenvalue weighted by Gasteiger charge is -2.33. The van der Waals surface area contributed by atoms with Crippen LogP contribution in [0.1, 0.15) is 52.9 Å². The summed E-state index contributed by atoms with van der Waals surface area (Å²) in [5.74, 6) is 2.40. The van der Waals surface area contributed by atoms with E-state index in [0.717, 1.165) is 11.8 Å². The molecular weight excluding hydrogens is 160 g/mol. The van der Waals surface area contributed by atoms with Gasteiger partial charge >= 0.3 is 0 Å². The van der Waals surface area contributed by atoms with E-state index in [-0.39, 0.29) is 6.10 Å². The van der Waals surface area contributed by atoms with Crippen LogP contribution in [0.4, 0.5) is 0 Å². The molecule has 0 aromatic heterocycles. The molecule has 1 aliphatic rings. The largest absolute Gasteiger partial charge is 0.393 e. The zero-order chi connectivity index (χ0) is 9.84. The summed E-state index contributed by atoms with van der Waals surface area (Å²) < 4.78 is 0. The van der Waals surface area contributed by atoms with Gasteiger partial charge in [-0.05, 0) is 50.4 Å². The number of aliphatic hydroxyl groups excluding tert-OH is 1. The van der Waals surface area contributed by atoms with E-state index in [9.17, 15) is 5.11 Å². The Morgan fingerprint density at radius 3 is 1.92 bits per heavy atom. The van der Waals surface area contributed by atoms with Crippen LogP contribution in [0, 0.1) is 17.8 Å². The molecule has 2 atom stereocenters. The van der Waals surface area contributed by atoms with Crippen LogP contribution in [0.5, 0.6) is 0 Å². The van der Waals surface area contributed by atoms with Crippen LogP contribution >= 0.6 is 0 Å². The summed E-state index contributed by atoms with van der Waals surface area (Å²) in [6, 6.07) is 0. The van der Waals surface area contributed by atoms with Crippen LogP contribution in [-0.4, -0.2) is 11.2 Å². The second kappa shape index (κ2) is 4.99. The third-order valence-electron chi connectivity index (χ3n) is 3.95. The van der Waals surface area contributed by atoms with Crippen LogP contribution in [0.2, 0.25) is 0 Å². The highest BCUT2D eigenvalue weighted by atomic mass is 16.3. The molecule has 0 amide bonds. The average molecular weight is 184 g/mol. The maximum atomic E-state index is 9.46. The molecule has 1 N–H and O–H groups in total. The SMILES string of the molecule is CCC(C)C1CCC(C(C)O)CC1. The van der Waals surface area contributed by atoms with Gasteiger partial charge in [0.05, 0.1) is 6.10 Å². The van der Waals surface area contributed by atoms with Crippen LogP contribution in [0.15, 0.2) is 0 Å². The standard InChI is InChI=1S/C12H24O/c1-4-9(2)11-5-7-12(8-6-11)10(3)13/h9-13H,4-8H2,1-3H3. The van der Waals surface area contributed by atoms with Crippen molar-refractivity contribution >= 4 is 0 Å². The maximum absolute atomic E-state index is 9.46. The van der Waals surface area contributed by atoms with Crippen molar-refractivity contribution in [2.75, 3.05) is 0 Å². The zero-order valence-corrected chi connectivity index (χ0v) is 9.29. The van der Waals surface area contributed by atoms with Crippen molar-refractivity contribution in [2.24, 2.45) is 17.8 Å². The maximum Gasteiger partial charge on any atom is 0.0540 e. The Morgan fingerprint density at radius 1 is 1.08 bits per heavy atom. The van der Waals surface area contributed by atoms with E-state index in [1.54, 1.807) is 0 Å². The van der Waals surface area contributed by atoms with E-state index in [2.05, 4.69) is 13.8 Å². The summed E-state index contributed by atoms with van der Waals surface area (Å²) in [4.78, 5) is 0. The fourth-order valence-electron chi connectivity index (χ4n) is 2.53. The lowest BCUT2D eigenvalue weighted by atomic mass is 9.74. The van der Waals surface area contributed by atoms with Gasteiger partial charge in [-0.25, -0.2) is 0 Å². The molecule has 0 spiro atoms. The lowest BCUT2D eigenvalue weighted by molar-refractivity contribution is 0.0789. The summed E-state index contributed by atoms with van der Waals surface area (Å²) in [6.07, 6.45) is 6.39. The molecule has 1 nitrogen and oxygen atoms in total. The van der Waals surface area contributed by atoms with Crippen molar-refractivity contribution in [2.45, 2.75) is 59.0 Å². The Kier molecular flexibility index (Phi) is 4.24. The molecule has 0 aromatic carbocycles. The van der Waals surface area contributed by atoms with Crippen LogP contribution in [0.3, 0.4) is 0 Å². The van der Waals surface area contributed by atoms with Gasteiger partial charge < -0.3 is 5.11 Å². The highest BCUT2D eigenvalue weighted by molar-refractivity contribution is 4.77. The summed E-state index contributed by atoms with van der Waals surface area (Å²) >= 11 is 0. The van der Waals surface area contributed by atoms with Gasteiger partial charge in [-0.2, -0.15) is 0 Å². The molecule has 1 saturated carbocycles. The second-order valence-corrected chi connectivity index (χ2v) is 4.80. The molecule has 1 rings (SSSR count). The minimum Gasteiger partial charge on any atom is -0.393 e. The Balaban J connectivity index is 2.30. The molecular formula is C12H24O. The van der Waals surface area contributed by atoms with E-state index in [0.29, 0.717) is 5.92 Å². The fraction of sp³-hybridized carbons (Fsp3) is 1.00. The van der Waals surface area contributed by atoms with E-state index in [1.165, 1.54) is 32.1 Å². The predicted molar refractivity (Wildman–Crippen MR) is 56.6 cm³/mol. The first-order valence-electron chi connectivity index (χ1n) is 5.83. The predicted octanol–water partition coefficient (Wildman–Crippen LogP) is 3.22. The Bertz CT molecular complexity index is 134. The number of hydrogen-bond donors (Lipinski definition) is 1. The molecule has 2 unspecified atom stereocenters. The molecule has 1 aliphatic carbocycles. The second-order valence-electron chi connectivity index (χ2n) is 4.80. The van der Waals surface area contributed by atoms with Gasteiger partial charge in [0.15, 0.2) is 0 Å². The number of hydrogen-bond acceptors (Lipinski definition) is 1. The van der Waals surface area contributed by atoms with Gasteiger partial charge in [-0.15, -0.1) is 0 Å². The molecule has 0 aromatic rings. The van der Waals surface area contributed by atoms with Gasteiger partial charge in [-0.3, -0.25) is 0 Å². The molecule has 0 bridgehead atoms. The smallest absolute Gasteiger partial charge is 0.0540 e. The third kappa shape index (κ3) is 2.98. The van der Waals surface area contributed by atoms with E-state index in [4.69, 9.17) is 0 Å². The molecule has 1 heteroatoms. The minimum absolute atomic E-state index is 0.0853. The first kappa shape index (κ1) is 11.0. The van der Waals surface area contributed by atoms with Crippen molar-refractivity contribution < 1.29 is 5.11 Å². The van der Waals surface area contributed by atoms with Crippen molar-refractivity contribution in [3.63, 3.8) is 0 Å². The molecule has 78 valence electrons. The molecule has 0 heterocycles. The molecule has 13 heavy (non-hydrogen) atoms. The third-order valence-corrected chi connectivity index (χ3v) is 3.95. The monoisotopic (exact) mass is 184 g/mol. The van der Waals surface area contributed by atoms with Crippen LogP contribution in [-0.2, 0) is 0 Å². The van der Waals surface area contributed by atoms with Crippen molar-refractivity contribution in [3.05, 3.63) is 0 Å². The van der Waals surface area contributed by atoms with E-state index >= 15 is 0 Å². The Morgan fingerprint density at radius 2 is 1.54 bits per heavy atom. The van der Waals surface area contributed by atoms with Crippen molar-refractivity contribution in [3.8, 4) is 0 Å². The summed E-state index contributed by atoms with van der Waals surface area (Å²) in [5, 5.41) is 9.46. The highest BCUT2D eigenvalue weighted by Gasteiger charge is 2.26. The molecule has 0 radical (unpaired) electrons. The van der Waals surface area contributed by atoms with Gasteiger partial charge in [0, 0.05) is 0 Å². The van der Waals surface area contributed by atoms with E-state index < -0.39 is 0 Å². The summed E-state index contributed by atoms with van der Waals surface area (Å²) in [5.41, 5.74) is 0. The van der Waals surface area contributed by atoms with E-state index in [1.807, 2.05) is 6.92 Å². The Labute approximate surface area is 82.5 Å². The summed E-state index contributed by atoms with van der Waals surface area (Å²) in [7, 11) is 0. The average Bonchev–Trinajstić information content (AvgIpc) is 2.17. The zero-order valence-electron chi connectivity index (χ0n) is 9.29. The first-order valence-corrected chi connectivity index (χ1v) is 5.83. The Hall–Kier alpha value is -0.0400. The van der Waals surface area contributed by atoms with Crippen molar-refractivity contribution in [1.82, 2.24) is 0 Å². The van der Waals surface area contributed by atoms with Gasteiger partial charge in [-0.1, -0.05) is 20.3 Å². The number of aliphatic hydroxyl groups is 1. The minimum atomic E-state index is -0.0853. The fourth-order valence-corrected chi connectivity index (χ4v) is 2.53.